The fraction of sp³-hybridized carbons (Fsp3) is 0.471. The Hall–Kier alpha value is -2.61. The summed E-state index contributed by atoms with van der Waals surface area (Å²) in [4.78, 5) is 12.8. The quantitative estimate of drug-likeness (QED) is 0.769. The Kier molecular flexibility index (Phi) is 5.18. The molecule has 1 fully saturated rings. The number of anilines is 1. The lowest BCUT2D eigenvalue weighted by atomic mass is 9.92. The number of nitrogens with zero attached hydrogens (tertiary/aromatic N) is 1. The first-order valence-corrected chi connectivity index (χ1v) is 8.36. The highest BCUT2D eigenvalue weighted by atomic mass is 16.7. The van der Waals surface area contributed by atoms with Crippen molar-refractivity contribution in [1.82, 2.24) is 10.1 Å². The van der Waals surface area contributed by atoms with Crippen LogP contribution >= 0.6 is 0 Å². The predicted octanol–water partition coefficient (Wildman–Crippen LogP) is 2.80. The van der Waals surface area contributed by atoms with Crippen molar-refractivity contribution < 1.29 is 18.7 Å². The van der Waals surface area contributed by atoms with Gasteiger partial charge in [0.25, 0.3) is 5.91 Å². The van der Waals surface area contributed by atoms with E-state index in [1.165, 1.54) is 0 Å². The van der Waals surface area contributed by atoms with Gasteiger partial charge in [-0.3, -0.25) is 9.42 Å². The number of aromatic amines is 1. The zero-order valence-corrected chi connectivity index (χ0v) is 14.5. The highest BCUT2D eigenvalue weighted by Gasteiger charge is 2.23. The molecule has 8 nitrogen and oxygen atoms in total. The van der Waals surface area contributed by atoms with E-state index in [0.29, 0.717) is 17.9 Å². The van der Waals surface area contributed by atoms with Gasteiger partial charge in [0, 0.05) is 24.4 Å². The number of methoxy groups -OCH3 is 1. The van der Waals surface area contributed by atoms with E-state index in [0.717, 1.165) is 41.8 Å². The summed E-state index contributed by atoms with van der Waals surface area (Å²) >= 11 is 0. The van der Waals surface area contributed by atoms with Crippen LogP contribution in [0.3, 0.4) is 0 Å². The topological polar surface area (TPSA) is 111 Å². The summed E-state index contributed by atoms with van der Waals surface area (Å²) in [5.41, 5.74) is 7.14. The third-order valence-electron chi connectivity index (χ3n) is 4.51. The second kappa shape index (κ2) is 7.52. The molecule has 1 amide bonds. The summed E-state index contributed by atoms with van der Waals surface area (Å²) in [6, 6.07) is 8.00. The molecule has 0 bridgehead atoms. The number of amides is 1. The van der Waals surface area contributed by atoms with E-state index in [1.54, 1.807) is 14.2 Å². The minimum absolute atomic E-state index is 0.0791. The number of carbonyl (C=O) groups is 1. The lowest BCUT2D eigenvalue weighted by molar-refractivity contribution is 0.0238. The second-order valence-electron chi connectivity index (χ2n) is 6.19. The van der Waals surface area contributed by atoms with Crippen LogP contribution in [0.15, 0.2) is 33.4 Å². The Morgan fingerprint density at radius 2 is 2.04 bits per heavy atom. The molecule has 2 aromatic rings. The predicted molar refractivity (Wildman–Crippen MR) is 92.6 cm³/mol. The van der Waals surface area contributed by atoms with Gasteiger partial charge in [0.05, 0.1) is 13.2 Å². The number of hydrogen-bond acceptors (Lipinski definition) is 5. The Labute approximate surface area is 145 Å². The molecule has 136 valence electrons. The van der Waals surface area contributed by atoms with Gasteiger partial charge in [-0.2, -0.15) is 5.16 Å². The molecule has 1 heterocycles. The van der Waals surface area contributed by atoms with Gasteiger partial charge >= 0.3 is 0 Å². The van der Waals surface area contributed by atoms with Crippen molar-refractivity contribution >= 4 is 11.6 Å². The van der Waals surface area contributed by atoms with E-state index in [1.807, 2.05) is 24.3 Å². The third-order valence-corrected chi connectivity index (χ3v) is 4.51. The number of nitrogens with one attached hydrogen (secondary N) is 2. The van der Waals surface area contributed by atoms with Crippen LogP contribution in [-0.4, -0.2) is 35.2 Å². The molecule has 1 saturated carbocycles. The molecule has 8 heteroatoms. The summed E-state index contributed by atoms with van der Waals surface area (Å²) in [5, 5.41) is 6.08. The largest absolute Gasteiger partial charge is 0.382 e. The Morgan fingerprint density at radius 1 is 1.32 bits per heavy atom. The zero-order chi connectivity index (χ0) is 17.8. The summed E-state index contributed by atoms with van der Waals surface area (Å²) in [6.45, 7) is 0. The van der Waals surface area contributed by atoms with Gasteiger partial charge in [0.15, 0.2) is 11.5 Å². The standard InChI is InChI=1S/C17H24N4O4/c1-21-24-16(15(17(18)22)20-25-21)13-5-3-4-6-14(13)19-11-7-9-12(23-2)10-8-11/h3-6,11-12,19-20H,7-10H2,1-2H3,(H2,18,22)/t11-,12-. The van der Waals surface area contributed by atoms with Crippen molar-refractivity contribution in [1.29, 1.82) is 0 Å². The maximum atomic E-state index is 11.7. The molecule has 0 radical (unpaired) electrons. The number of aromatic nitrogens is 2. The van der Waals surface area contributed by atoms with Gasteiger partial charge in [-0.1, -0.05) is 12.1 Å². The van der Waals surface area contributed by atoms with Crippen LogP contribution in [0.25, 0.3) is 11.3 Å². The summed E-state index contributed by atoms with van der Waals surface area (Å²) < 4.78 is 16.0. The van der Waals surface area contributed by atoms with Crippen molar-refractivity contribution in [3.05, 3.63) is 30.0 Å². The van der Waals surface area contributed by atoms with E-state index in [9.17, 15) is 4.79 Å². The normalized spacial score (nSPS) is 20.2. The monoisotopic (exact) mass is 348 g/mol. The summed E-state index contributed by atoms with van der Waals surface area (Å²) in [5.74, 6) is -0.326. The highest BCUT2D eigenvalue weighted by Crippen LogP contribution is 2.32. The minimum Gasteiger partial charge on any atom is -0.382 e. The SMILES string of the molecule is CO[C@H]1CC[C@H](Nc2ccccc2-c2on(C)o[nH]c2C(N)=O)CC1. The van der Waals surface area contributed by atoms with Gasteiger partial charge in [-0.15, -0.1) is 0 Å². The van der Waals surface area contributed by atoms with Gasteiger partial charge in [0.2, 0.25) is 0 Å². The van der Waals surface area contributed by atoms with E-state index in [4.69, 9.17) is 19.6 Å². The molecule has 0 aliphatic heterocycles. The van der Waals surface area contributed by atoms with E-state index in [2.05, 4.69) is 10.5 Å². The third kappa shape index (κ3) is 3.90. The molecule has 25 heavy (non-hydrogen) atoms. The number of aryl methyl sites for hydroxylation is 1. The van der Waals surface area contributed by atoms with Crippen LogP contribution in [0.5, 0.6) is 0 Å². The molecule has 3 rings (SSSR count). The number of H-pyrrole nitrogens is 1. The maximum absolute atomic E-state index is 11.7. The van der Waals surface area contributed by atoms with Gasteiger partial charge in [0.1, 0.15) is 0 Å². The molecular weight excluding hydrogens is 324 g/mol. The lowest BCUT2D eigenvalue weighted by Gasteiger charge is -2.29. The first kappa shape index (κ1) is 17.2. The summed E-state index contributed by atoms with van der Waals surface area (Å²) in [7, 11) is 3.34. The molecule has 0 atom stereocenters. The first-order chi connectivity index (χ1) is 12.1. The molecule has 1 aliphatic carbocycles. The number of para-hydroxylation sites is 1. The zero-order valence-electron chi connectivity index (χ0n) is 14.5. The lowest BCUT2D eigenvalue weighted by Crippen LogP contribution is -2.29. The van der Waals surface area contributed by atoms with E-state index in [-0.39, 0.29) is 5.69 Å². The molecular formula is C17H24N4O4. The van der Waals surface area contributed by atoms with E-state index >= 15 is 0 Å². The average molecular weight is 348 g/mol. The Bertz CT molecular complexity index is 760. The molecule has 0 unspecified atom stereocenters. The highest BCUT2D eigenvalue weighted by molar-refractivity contribution is 5.97. The maximum Gasteiger partial charge on any atom is 0.272 e. The van der Waals surface area contributed by atoms with Crippen LogP contribution in [-0.2, 0) is 11.8 Å². The van der Waals surface area contributed by atoms with Crippen molar-refractivity contribution in [2.75, 3.05) is 12.4 Å². The van der Waals surface area contributed by atoms with Gasteiger partial charge < -0.3 is 20.3 Å². The molecule has 0 spiro atoms. The number of benzene rings is 1. The van der Waals surface area contributed by atoms with Crippen molar-refractivity contribution in [3.8, 4) is 11.3 Å². The van der Waals surface area contributed by atoms with Crippen LogP contribution in [0.2, 0.25) is 0 Å². The van der Waals surface area contributed by atoms with Crippen LogP contribution in [0.1, 0.15) is 36.2 Å². The van der Waals surface area contributed by atoms with Gasteiger partial charge in [-0.25, -0.2) is 0 Å². The number of carbonyl (C=O) groups excluding carboxylic acids is 1. The number of nitrogens with two attached hydrogens (primary N) is 1. The average Bonchev–Trinajstić information content (AvgIpc) is 2.62. The molecule has 4 N–H and O–H groups in total. The molecule has 1 aliphatic rings. The smallest absolute Gasteiger partial charge is 0.272 e. The van der Waals surface area contributed by atoms with Crippen molar-refractivity contribution in [2.45, 2.75) is 37.8 Å². The number of rotatable bonds is 5. The van der Waals surface area contributed by atoms with Crippen molar-refractivity contribution in [2.24, 2.45) is 12.8 Å². The van der Waals surface area contributed by atoms with Crippen LogP contribution < -0.4 is 11.1 Å². The fourth-order valence-corrected chi connectivity index (χ4v) is 3.16. The van der Waals surface area contributed by atoms with Crippen LogP contribution in [0, 0.1) is 0 Å². The number of primary amides is 1. The van der Waals surface area contributed by atoms with Crippen LogP contribution in [0.4, 0.5) is 5.69 Å². The number of hydrogen-bond donors (Lipinski definition) is 3. The molecule has 1 aromatic carbocycles. The number of ether oxygens (including phenoxy) is 1. The fourth-order valence-electron chi connectivity index (χ4n) is 3.16. The summed E-state index contributed by atoms with van der Waals surface area (Å²) in [6.07, 6.45) is 4.45. The first-order valence-electron chi connectivity index (χ1n) is 8.36. The molecule has 1 aromatic heterocycles. The van der Waals surface area contributed by atoms with Crippen molar-refractivity contribution in [3.63, 3.8) is 0 Å². The minimum atomic E-state index is -0.654. The molecule has 0 saturated heterocycles. The Balaban J connectivity index is 1.90. The Morgan fingerprint density at radius 3 is 2.72 bits per heavy atom. The second-order valence-corrected chi connectivity index (χ2v) is 6.19. The van der Waals surface area contributed by atoms with E-state index < -0.39 is 5.91 Å². The van der Waals surface area contributed by atoms with Gasteiger partial charge in [-0.05, 0) is 42.7 Å².